The van der Waals surface area contributed by atoms with Crippen LogP contribution in [-0.4, -0.2) is 30.3 Å². The second-order valence-electron chi connectivity index (χ2n) is 5.53. The number of nitrogens with zero attached hydrogens (tertiary/aromatic N) is 1. The van der Waals surface area contributed by atoms with Crippen LogP contribution in [0.5, 0.6) is 0 Å². The SMILES string of the molecule is CC1CCCN(CCC(=O)c2ccccc2Cl)CC1. The maximum Gasteiger partial charge on any atom is 0.165 e. The standard InChI is InChI=1S/C16H22ClNO/c1-13-5-4-10-18(11-8-13)12-9-16(19)14-6-2-3-7-15(14)17/h2-3,6-7,13H,4-5,8-12H2,1H3. The highest BCUT2D eigenvalue weighted by atomic mass is 35.5. The van der Waals surface area contributed by atoms with Crippen LogP contribution in [0, 0.1) is 5.92 Å². The molecular formula is C16H22ClNO. The first-order valence-corrected chi connectivity index (χ1v) is 7.54. The van der Waals surface area contributed by atoms with Crippen LogP contribution in [0.3, 0.4) is 0 Å². The molecule has 0 spiro atoms. The van der Waals surface area contributed by atoms with Gasteiger partial charge in [0, 0.05) is 18.5 Å². The van der Waals surface area contributed by atoms with Crippen LogP contribution in [0.25, 0.3) is 0 Å². The molecule has 0 aromatic heterocycles. The molecular weight excluding hydrogens is 258 g/mol. The maximum absolute atomic E-state index is 12.1. The molecule has 0 N–H and O–H groups in total. The molecule has 1 aliphatic rings. The van der Waals surface area contributed by atoms with E-state index in [1.54, 1.807) is 6.07 Å². The summed E-state index contributed by atoms with van der Waals surface area (Å²) in [6, 6.07) is 7.32. The lowest BCUT2D eigenvalue weighted by atomic mass is 10.0. The number of benzene rings is 1. The van der Waals surface area contributed by atoms with Crippen molar-refractivity contribution in [1.82, 2.24) is 4.90 Å². The van der Waals surface area contributed by atoms with Gasteiger partial charge in [-0.1, -0.05) is 30.7 Å². The number of Topliss-reactive ketones (excluding diaryl/α,β-unsaturated/α-hetero) is 1. The molecule has 2 rings (SSSR count). The summed E-state index contributed by atoms with van der Waals surface area (Å²) in [5.41, 5.74) is 0.660. The minimum Gasteiger partial charge on any atom is -0.303 e. The van der Waals surface area contributed by atoms with Crippen LogP contribution in [0.2, 0.25) is 5.02 Å². The van der Waals surface area contributed by atoms with E-state index in [0.717, 1.165) is 25.6 Å². The zero-order valence-electron chi connectivity index (χ0n) is 11.6. The van der Waals surface area contributed by atoms with Crippen LogP contribution >= 0.6 is 11.6 Å². The Morgan fingerprint density at radius 3 is 2.89 bits per heavy atom. The van der Waals surface area contributed by atoms with E-state index in [1.807, 2.05) is 18.2 Å². The van der Waals surface area contributed by atoms with Crippen LogP contribution in [0.1, 0.15) is 43.0 Å². The molecule has 1 heterocycles. The number of rotatable bonds is 4. The number of ketones is 1. The van der Waals surface area contributed by atoms with Crippen molar-refractivity contribution < 1.29 is 4.79 Å². The highest BCUT2D eigenvalue weighted by Crippen LogP contribution is 2.19. The molecule has 0 saturated carbocycles. The Balaban J connectivity index is 1.85. The highest BCUT2D eigenvalue weighted by molar-refractivity contribution is 6.33. The first-order valence-electron chi connectivity index (χ1n) is 7.17. The molecule has 1 saturated heterocycles. The average molecular weight is 280 g/mol. The van der Waals surface area contributed by atoms with E-state index in [2.05, 4.69) is 11.8 Å². The van der Waals surface area contributed by atoms with Gasteiger partial charge in [-0.15, -0.1) is 0 Å². The molecule has 2 nitrogen and oxygen atoms in total. The van der Waals surface area contributed by atoms with E-state index >= 15 is 0 Å². The van der Waals surface area contributed by atoms with Gasteiger partial charge in [-0.25, -0.2) is 0 Å². The Bertz CT molecular complexity index is 433. The van der Waals surface area contributed by atoms with Crippen molar-refractivity contribution in [2.24, 2.45) is 5.92 Å². The molecule has 0 radical (unpaired) electrons. The molecule has 0 aliphatic carbocycles. The molecule has 1 fully saturated rings. The van der Waals surface area contributed by atoms with Crippen molar-refractivity contribution >= 4 is 17.4 Å². The molecule has 1 aromatic carbocycles. The van der Waals surface area contributed by atoms with Crippen LogP contribution in [0.4, 0.5) is 0 Å². The summed E-state index contributed by atoms with van der Waals surface area (Å²) in [5.74, 6) is 0.979. The van der Waals surface area contributed by atoms with Gasteiger partial charge in [0.15, 0.2) is 5.78 Å². The van der Waals surface area contributed by atoms with Gasteiger partial charge in [0.2, 0.25) is 0 Å². The number of hydrogen-bond donors (Lipinski definition) is 0. The largest absolute Gasteiger partial charge is 0.303 e. The molecule has 104 valence electrons. The second-order valence-corrected chi connectivity index (χ2v) is 5.94. The van der Waals surface area contributed by atoms with Crippen molar-refractivity contribution in [3.63, 3.8) is 0 Å². The summed E-state index contributed by atoms with van der Waals surface area (Å²) in [5, 5.41) is 0.567. The monoisotopic (exact) mass is 279 g/mol. The maximum atomic E-state index is 12.1. The lowest BCUT2D eigenvalue weighted by molar-refractivity contribution is 0.0965. The number of carbonyl (C=O) groups is 1. The average Bonchev–Trinajstić information content (AvgIpc) is 2.61. The topological polar surface area (TPSA) is 20.3 Å². The summed E-state index contributed by atoms with van der Waals surface area (Å²) in [4.78, 5) is 14.6. The van der Waals surface area contributed by atoms with Crippen molar-refractivity contribution in [3.8, 4) is 0 Å². The molecule has 1 aromatic rings. The van der Waals surface area contributed by atoms with Crippen LogP contribution in [0.15, 0.2) is 24.3 Å². The Morgan fingerprint density at radius 2 is 2.11 bits per heavy atom. The summed E-state index contributed by atoms with van der Waals surface area (Å²) in [7, 11) is 0. The molecule has 1 aliphatic heterocycles. The van der Waals surface area contributed by atoms with E-state index in [1.165, 1.54) is 19.3 Å². The van der Waals surface area contributed by atoms with E-state index in [4.69, 9.17) is 11.6 Å². The minimum atomic E-state index is 0.155. The summed E-state index contributed by atoms with van der Waals surface area (Å²) < 4.78 is 0. The predicted molar refractivity (Wildman–Crippen MR) is 79.9 cm³/mol. The van der Waals surface area contributed by atoms with Gasteiger partial charge < -0.3 is 4.90 Å². The minimum absolute atomic E-state index is 0.155. The molecule has 1 unspecified atom stereocenters. The van der Waals surface area contributed by atoms with E-state index < -0.39 is 0 Å². The fourth-order valence-corrected chi connectivity index (χ4v) is 2.87. The van der Waals surface area contributed by atoms with Gasteiger partial charge in [-0.2, -0.15) is 0 Å². The highest BCUT2D eigenvalue weighted by Gasteiger charge is 2.16. The van der Waals surface area contributed by atoms with E-state index in [9.17, 15) is 4.79 Å². The predicted octanol–water partition coefficient (Wildman–Crippen LogP) is 4.03. The van der Waals surface area contributed by atoms with Gasteiger partial charge in [-0.3, -0.25) is 4.79 Å². The third kappa shape index (κ3) is 4.32. The smallest absolute Gasteiger partial charge is 0.165 e. The summed E-state index contributed by atoms with van der Waals surface area (Å²) >= 11 is 6.05. The summed E-state index contributed by atoms with van der Waals surface area (Å²) in [6.45, 7) is 5.42. The van der Waals surface area contributed by atoms with Gasteiger partial charge in [0.25, 0.3) is 0 Å². The Hall–Kier alpha value is -0.860. The third-order valence-corrected chi connectivity index (χ3v) is 4.27. The zero-order valence-corrected chi connectivity index (χ0v) is 12.3. The number of likely N-dealkylation sites (tertiary alicyclic amines) is 1. The lowest BCUT2D eigenvalue weighted by Gasteiger charge is -2.19. The van der Waals surface area contributed by atoms with Crippen LogP contribution < -0.4 is 0 Å². The fourth-order valence-electron chi connectivity index (χ4n) is 2.63. The van der Waals surface area contributed by atoms with Gasteiger partial charge >= 0.3 is 0 Å². The molecule has 3 heteroatoms. The quantitative estimate of drug-likeness (QED) is 0.776. The molecule has 19 heavy (non-hydrogen) atoms. The molecule has 1 atom stereocenters. The first kappa shape index (κ1) is 14.5. The van der Waals surface area contributed by atoms with Gasteiger partial charge in [-0.05, 0) is 50.4 Å². The van der Waals surface area contributed by atoms with Crippen LogP contribution in [-0.2, 0) is 0 Å². The number of hydrogen-bond acceptors (Lipinski definition) is 2. The van der Waals surface area contributed by atoms with Gasteiger partial charge in [0.1, 0.15) is 0 Å². The number of halogens is 1. The van der Waals surface area contributed by atoms with Crippen molar-refractivity contribution in [2.75, 3.05) is 19.6 Å². The van der Waals surface area contributed by atoms with Crippen molar-refractivity contribution in [1.29, 1.82) is 0 Å². The first-order chi connectivity index (χ1) is 9.16. The normalized spacial score (nSPS) is 21.1. The van der Waals surface area contributed by atoms with Gasteiger partial charge in [0.05, 0.1) is 5.02 Å². The van der Waals surface area contributed by atoms with Crippen molar-refractivity contribution in [3.05, 3.63) is 34.9 Å². The lowest BCUT2D eigenvalue weighted by Crippen LogP contribution is -2.27. The van der Waals surface area contributed by atoms with E-state index in [0.29, 0.717) is 17.0 Å². The van der Waals surface area contributed by atoms with Crippen molar-refractivity contribution in [2.45, 2.75) is 32.6 Å². The zero-order chi connectivity index (χ0) is 13.7. The fraction of sp³-hybridized carbons (Fsp3) is 0.562. The second kappa shape index (κ2) is 7.06. The molecule has 0 bridgehead atoms. The number of carbonyl (C=O) groups excluding carboxylic acids is 1. The van der Waals surface area contributed by atoms with E-state index in [-0.39, 0.29) is 5.78 Å². The Morgan fingerprint density at radius 1 is 1.32 bits per heavy atom. The third-order valence-electron chi connectivity index (χ3n) is 3.94. The summed E-state index contributed by atoms with van der Waals surface area (Å²) in [6.07, 6.45) is 4.38. The molecule has 0 amide bonds. The Labute approximate surface area is 120 Å². The Kier molecular flexibility index (Phi) is 5.41.